The van der Waals surface area contributed by atoms with Crippen LogP contribution in [0.5, 0.6) is 11.5 Å². The first-order valence-electron chi connectivity index (χ1n) is 10.2. The van der Waals surface area contributed by atoms with E-state index in [-0.39, 0.29) is 24.3 Å². The number of carbonyl (C=O) groups is 2. The maximum atomic E-state index is 11.4. The van der Waals surface area contributed by atoms with E-state index in [9.17, 15) is 19.8 Å². The smallest absolute Gasteiger partial charge is 0.339 e. The van der Waals surface area contributed by atoms with Crippen LogP contribution in [0.25, 0.3) is 0 Å². The molecular formula is C26H26O6. The molecule has 0 aliphatic carbocycles. The fourth-order valence-electron chi connectivity index (χ4n) is 3.74. The number of carboxylic acids is 2. The third kappa shape index (κ3) is 4.59. The number of hydrogen-bond donors (Lipinski definition) is 2. The molecule has 0 unspecified atom stereocenters. The lowest BCUT2D eigenvalue weighted by atomic mass is 9.89. The van der Waals surface area contributed by atoms with E-state index in [1.807, 2.05) is 27.7 Å². The molecule has 166 valence electrons. The number of benzene rings is 3. The summed E-state index contributed by atoms with van der Waals surface area (Å²) in [6, 6.07) is 13.1. The number of carboxylic acid groups (broad SMARTS) is 2. The molecule has 0 heterocycles. The lowest BCUT2D eigenvalue weighted by Gasteiger charge is -2.21. The molecule has 3 rings (SSSR count). The maximum absolute atomic E-state index is 11.4. The number of para-hydroxylation sites is 2. The summed E-state index contributed by atoms with van der Waals surface area (Å²) in [5.41, 5.74) is 6.37. The number of ether oxygens (including phenoxy) is 2. The molecule has 2 N–H and O–H groups in total. The summed E-state index contributed by atoms with van der Waals surface area (Å²) in [6.07, 6.45) is 0. The Hall–Kier alpha value is -3.80. The number of hydrogen-bond acceptors (Lipinski definition) is 4. The summed E-state index contributed by atoms with van der Waals surface area (Å²) in [7, 11) is 0. The monoisotopic (exact) mass is 434 g/mol. The van der Waals surface area contributed by atoms with Crippen molar-refractivity contribution in [2.24, 2.45) is 0 Å². The standard InChI is InChI=1S/C26H26O6/c1-15-16(2)22(14-32-24-12-8-6-10-20(24)26(29)30)18(4)17(3)21(15)13-31-23-11-7-5-9-19(23)25(27)28/h5-12H,13-14H2,1-4H3,(H,27,28)(H,29,30). The Morgan fingerprint density at radius 2 is 0.938 bits per heavy atom. The van der Waals surface area contributed by atoms with Gasteiger partial charge in [-0.1, -0.05) is 24.3 Å². The molecule has 0 aromatic heterocycles. The molecule has 0 aliphatic rings. The van der Waals surface area contributed by atoms with Crippen molar-refractivity contribution in [3.05, 3.63) is 93.0 Å². The molecule has 0 saturated carbocycles. The third-order valence-electron chi connectivity index (χ3n) is 5.91. The summed E-state index contributed by atoms with van der Waals surface area (Å²) >= 11 is 0. The van der Waals surface area contributed by atoms with Crippen molar-refractivity contribution in [2.45, 2.75) is 40.9 Å². The van der Waals surface area contributed by atoms with Crippen LogP contribution in [0.15, 0.2) is 48.5 Å². The molecule has 3 aromatic carbocycles. The summed E-state index contributed by atoms with van der Waals surface area (Å²) in [5, 5.41) is 18.7. The van der Waals surface area contributed by atoms with Gasteiger partial charge >= 0.3 is 11.9 Å². The van der Waals surface area contributed by atoms with Gasteiger partial charge in [-0.25, -0.2) is 9.59 Å². The quantitative estimate of drug-likeness (QED) is 0.488. The van der Waals surface area contributed by atoms with Crippen molar-refractivity contribution in [3.8, 4) is 11.5 Å². The summed E-state index contributed by atoms with van der Waals surface area (Å²) in [4.78, 5) is 22.9. The van der Waals surface area contributed by atoms with E-state index in [2.05, 4.69) is 0 Å². The normalized spacial score (nSPS) is 10.6. The summed E-state index contributed by atoms with van der Waals surface area (Å²) in [5.74, 6) is -1.41. The van der Waals surface area contributed by atoms with Gasteiger partial charge in [0.25, 0.3) is 0 Å². The van der Waals surface area contributed by atoms with Crippen LogP contribution in [0.3, 0.4) is 0 Å². The highest BCUT2D eigenvalue weighted by atomic mass is 16.5. The van der Waals surface area contributed by atoms with E-state index in [1.54, 1.807) is 36.4 Å². The SMILES string of the molecule is Cc1c(C)c(COc2ccccc2C(=O)O)c(C)c(C)c1COc1ccccc1C(=O)O. The van der Waals surface area contributed by atoms with Gasteiger partial charge in [0.15, 0.2) is 0 Å². The molecule has 0 spiro atoms. The molecule has 32 heavy (non-hydrogen) atoms. The molecule has 6 nitrogen and oxygen atoms in total. The van der Waals surface area contributed by atoms with Gasteiger partial charge in [0, 0.05) is 0 Å². The van der Waals surface area contributed by atoms with Crippen LogP contribution >= 0.6 is 0 Å². The van der Waals surface area contributed by atoms with Crippen LogP contribution in [-0.4, -0.2) is 22.2 Å². The average Bonchev–Trinajstić information content (AvgIpc) is 2.78. The van der Waals surface area contributed by atoms with Crippen molar-refractivity contribution in [2.75, 3.05) is 0 Å². The highest BCUT2D eigenvalue weighted by Crippen LogP contribution is 2.30. The Balaban J connectivity index is 1.87. The Labute approximate surface area is 187 Å². The molecule has 0 saturated heterocycles. The molecule has 0 fully saturated rings. The van der Waals surface area contributed by atoms with Gasteiger partial charge < -0.3 is 19.7 Å². The first kappa shape index (κ1) is 22.9. The van der Waals surface area contributed by atoms with Crippen LogP contribution in [0.1, 0.15) is 54.1 Å². The average molecular weight is 434 g/mol. The van der Waals surface area contributed by atoms with Crippen molar-refractivity contribution >= 4 is 11.9 Å². The van der Waals surface area contributed by atoms with Gasteiger partial charge in [-0.15, -0.1) is 0 Å². The van der Waals surface area contributed by atoms with Crippen LogP contribution in [-0.2, 0) is 13.2 Å². The minimum absolute atomic E-state index is 0.123. The zero-order valence-electron chi connectivity index (χ0n) is 18.6. The van der Waals surface area contributed by atoms with E-state index >= 15 is 0 Å². The topological polar surface area (TPSA) is 93.1 Å². The second kappa shape index (κ2) is 9.56. The van der Waals surface area contributed by atoms with Gasteiger partial charge in [0.2, 0.25) is 0 Å². The van der Waals surface area contributed by atoms with Crippen molar-refractivity contribution in [3.63, 3.8) is 0 Å². The molecule has 3 aromatic rings. The van der Waals surface area contributed by atoms with Crippen LogP contribution in [0.4, 0.5) is 0 Å². The lowest BCUT2D eigenvalue weighted by molar-refractivity contribution is 0.0680. The van der Waals surface area contributed by atoms with Gasteiger partial charge in [-0.05, 0) is 85.3 Å². The largest absolute Gasteiger partial charge is 0.488 e. The van der Waals surface area contributed by atoms with Crippen molar-refractivity contribution in [1.29, 1.82) is 0 Å². The minimum Gasteiger partial charge on any atom is -0.488 e. The lowest BCUT2D eigenvalue weighted by Crippen LogP contribution is -2.11. The first-order valence-corrected chi connectivity index (χ1v) is 10.2. The Bertz CT molecular complexity index is 1060. The van der Waals surface area contributed by atoms with E-state index in [4.69, 9.17) is 9.47 Å². The molecule has 0 amide bonds. The van der Waals surface area contributed by atoms with Crippen molar-refractivity contribution in [1.82, 2.24) is 0 Å². The zero-order valence-corrected chi connectivity index (χ0v) is 18.6. The highest BCUT2D eigenvalue weighted by molar-refractivity contribution is 5.91. The highest BCUT2D eigenvalue weighted by Gasteiger charge is 2.18. The molecule has 0 aliphatic heterocycles. The molecule has 6 heteroatoms. The molecule has 0 radical (unpaired) electrons. The fourth-order valence-corrected chi connectivity index (χ4v) is 3.74. The van der Waals surface area contributed by atoms with Crippen LogP contribution in [0.2, 0.25) is 0 Å². The van der Waals surface area contributed by atoms with E-state index < -0.39 is 11.9 Å². The molecule has 0 bridgehead atoms. The van der Waals surface area contributed by atoms with Gasteiger partial charge in [0.05, 0.1) is 0 Å². The number of aromatic carboxylic acids is 2. The van der Waals surface area contributed by atoms with Gasteiger partial charge in [0.1, 0.15) is 35.8 Å². The minimum atomic E-state index is -1.03. The first-order chi connectivity index (χ1) is 15.2. The van der Waals surface area contributed by atoms with Crippen LogP contribution in [0, 0.1) is 27.7 Å². The van der Waals surface area contributed by atoms with E-state index in [0.29, 0.717) is 11.5 Å². The molecular weight excluding hydrogens is 408 g/mol. The second-order valence-corrected chi connectivity index (χ2v) is 7.64. The predicted molar refractivity (Wildman–Crippen MR) is 121 cm³/mol. The van der Waals surface area contributed by atoms with Crippen LogP contribution < -0.4 is 9.47 Å². The predicted octanol–water partition coefficient (Wildman–Crippen LogP) is 5.47. The van der Waals surface area contributed by atoms with E-state index in [1.165, 1.54) is 12.1 Å². The van der Waals surface area contributed by atoms with Gasteiger partial charge in [-0.3, -0.25) is 0 Å². The van der Waals surface area contributed by atoms with E-state index in [0.717, 1.165) is 33.4 Å². The van der Waals surface area contributed by atoms with Gasteiger partial charge in [-0.2, -0.15) is 0 Å². The second-order valence-electron chi connectivity index (χ2n) is 7.64. The number of rotatable bonds is 8. The maximum Gasteiger partial charge on any atom is 0.339 e. The summed E-state index contributed by atoms with van der Waals surface area (Å²) < 4.78 is 11.8. The Morgan fingerprint density at radius 1 is 0.625 bits per heavy atom. The summed E-state index contributed by atoms with van der Waals surface area (Å²) in [6.45, 7) is 8.48. The third-order valence-corrected chi connectivity index (χ3v) is 5.91. The fraction of sp³-hybridized carbons (Fsp3) is 0.231. The zero-order chi connectivity index (χ0) is 23.4. The Kier molecular flexibility index (Phi) is 6.83. The Morgan fingerprint density at radius 3 is 1.25 bits per heavy atom. The van der Waals surface area contributed by atoms with Crippen molar-refractivity contribution < 1.29 is 29.3 Å². The molecule has 0 atom stereocenters.